The molecule has 2 rings (SSSR count). The van der Waals surface area contributed by atoms with Crippen molar-refractivity contribution in [3.63, 3.8) is 0 Å². The summed E-state index contributed by atoms with van der Waals surface area (Å²) in [5, 5.41) is 5.90. The van der Waals surface area contributed by atoms with Gasteiger partial charge in [0.15, 0.2) is 0 Å². The third-order valence-electron chi connectivity index (χ3n) is 2.86. The summed E-state index contributed by atoms with van der Waals surface area (Å²) >= 11 is 0. The summed E-state index contributed by atoms with van der Waals surface area (Å²) in [6.07, 6.45) is 2.34. The van der Waals surface area contributed by atoms with Gasteiger partial charge in [0.1, 0.15) is 11.8 Å². The molecule has 0 bridgehead atoms. The number of amides is 2. The number of carbonyl (C=O) groups is 2. The molecule has 1 saturated carbocycles. The van der Waals surface area contributed by atoms with Crippen LogP contribution in [-0.4, -0.2) is 30.2 Å². The highest BCUT2D eigenvalue weighted by atomic mass is 16.2. The summed E-state index contributed by atoms with van der Waals surface area (Å²) in [5.74, 6) is -0.702. The van der Waals surface area contributed by atoms with Gasteiger partial charge in [-0.1, -0.05) is 13.8 Å². The summed E-state index contributed by atoms with van der Waals surface area (Å²) in [4.78, 5) is 27.2. The van der Waals surface area contributed by atoms with Crippen LogP contribution in [0.4, 0.5) is 0 Å². The van der Waals surface area contributed by atoms with E-state index in [1.807, 2.05) is 13.8 Å². The molecule has 88 valence electrons. The fraction of sp³-hybridized carbons (Fsp3) is 0.727. The van der Waals surface area contributed by atoms with Crippen molar-refractivity contribution in [1.29, 1.82) is 0 Å². The Labute approximate surface area is 94.7 Å². The van der Waals surface area contributed by atoms with Gasteiger partial charge in [-0.25, -0.2) is 0 Å². The molecular weight excluding hydrogens is 206 g/mol. The lowest BCUT2D eigenvalue weighted by atomic mass is 9.93. The normalized spacial score (nSPS) is 25.7. The Bertz CT molecular complexity index is 345. The second-order valence-electron chi connectivity index (χ2n) is 4.76. The van der Waals surface area contributed by atoms with Crippen LogP contribution in [0.1, 0.15) is 26.7 Å². The SMILES string of the molecule is CC(C)C1C(=O)N=C(CNC2CC2)NC1=O. The van der Waals surface area contributed by atoms with Gasteiger partial charge in [-0.05, 0) is 18.8 Å². The zero-order valence-corrected chi connectivity index (χ0v) is 9.62. The number of amidine groups is 1. The van der Waals surface area contributed by atoms with E-state index in [2.05, 4.69) is 15.6 Å². The molecule has 0 aromatic heterocycles. The first kappa shape index (κ1) is 11.3. The van der Waals surface area contributed by atoms with Gasteiger partial charge in [-0.3, -0.25) is 9.59 Å². The van der Waals surface area contributed by atoms with Gasteiger partial charge in [0.05, 0.1) is 6.54 Å². The molecule has 0 spiro atoms. The zero-order chi connectivity index (χ0) is 11.7. The first-order chi connectivity index (χ1) is 7.58. The van der Waals surface area contributed by atoms with Crippen molar-refractivity contribution in [2.45, 2.75) is 32.7 Å². The minimum atomic E-state index is -0.621. The molecule has 16 heavy (non-hydrogen) atoms. The average molecular weight is 223 g/mol. The van der Waals surface area contributed by atoms with E-state index in [4.69, 9.17) is 0 Å². The standard InChI is InChI=1S/C11H17N3O2/c1-6(2)9-10(15)13-8(14-11(9)16)5-12-7-3-4-7/h6-7,9,12H,3-5H2,1-2H3,(H,13,14,15,16). The fourth-order valence-electron chi connectivity index (χ4n) is 1.76. The number of nitrogens with one attached hydrogen (secondary N) is 2. The summed E-state index contributed by atoms with van der Waals surface area (Å²) in [6, 6.07) is 0.539. The van der Waals surface area contributed by atoms with Crippen LogP contribution in [0.5, 0.6) is 0 Å². The highest BCUT2D eigenvalue weighted by molar-refractivity contribution is 6.16. The number of hydrogen-bond acceptors (Lipinski definition) is 3. The van der Waals surface area contributed by atoms with Gasteiger partial charge in [-0.2, -0.15) is 4.99 Å². The lowest BCUT2D eigenvalue weighted by molar-refractivity contribution is -0.135. The van der Waals surface area contributed by atoms with E-state index in [1.165, 1.54) is 12.8 Å². The molecule has 1 atom stereocenters. The maximum absolute atomic E-state index is 11.7. The molecule has 1 heterocycles. The zero-order valence-electron chi connectivity index (χ0n) is 9.62. The Morgan fingerprint density at radius 3 is 2.62 bits per heavy atom. The molecule has 1 unspecified atom stereocenters. The smallest absolute Gasteiger partial charge is 0.260 e. The van der Waals surface area contributed by atoms with Crippen LogP contribution in [0.3, 0.4) is 0 Å². The summed E-state index contributed by atoms with van der Waals surface area (Å²) in [5.41, 5.74) is 0. The number of carbonyl (C=O) groups excluding carboxylic acids is 2. The maximum atomic E-state index is 11.7. The fourth-order valence-corrected chi connectivity index (χ4v) is 1.76. The monoisotopic (exact) mass is 223 g/mol. The van der Waals surface area contributed by atoms with Gasteiger partial charge in [0, 0.05) is 6.04 Å². The predicted octanol–water partition coefficient (Wildman–Crippen LogP) is 0.0655. The minimum Gasteiger partial charge on any atom is -0.312 e. The highest BCUT2D eigenvalue weighted by Crippen LogP contribution is 2.19. The van der Waals surface area contributed by atoms with Crippen LogP contribution in [-0.2, 0) is 9.59 Å². The molecule has 5 heteroatoms. The number of hydrogen-bond donors (Lipinski definition) is 2. The molecule has 1 aliphatic carbocycles. The minimum absolute atomic E-state index is 0.00538. The highest BCUT2D eigenvalue weighted by Gasteiger charge is 2.34. The number of aliphatic imine (C=N–C) groups is 1. The molecular formula is C11H17N3O2. The number of nitrogens with zero attached hydrogens (tertiary/aromatic N) is 1. The van der Waals surface area contributed by atoms with Crippen molar-refractivity contribution in [2.24, 2.45) is 16.8 Å². The summed E-state index contributed by atoms with van der Waals surface area (Å²) in [7, 11) is 0. The van der Waals surface area contributed by atoms with Crippen LogP contribution in [0.25, 0.3) is 0 Å². The molecule has 2 N–H and O–H groups in total. The lowest BCUT2D eigenvalue weighted by Gasteiger charge is -2.22. The van der Waals surface area contributed by atoms with E-state index in [0.29, 0.717) is 18.4 Å². The van der Waals surface area contributed by atoms with E-state index in [9.17, 15) is 9.59 Å². The largest absolute Gasteiger partial charge is 0.312 e. The third kappa shape index (κ3) is 2.47. The Hall–Kier alpha value is -1.23. The Kier molecular flexibility index (Phi) is 3.05. The van der Waals surface area contributed by atoms with E-state index in [-0.39, 0.29) is 17.7 Å². The Balaban J connectivity index is 1.98. The quantitative estimate of drug-likeness (QED) is 0.662. The van der Waals surface area contributed by atoms with E-state index in [1.54, 1.807) is 0 Å². The molecule has 2 aliphatic rings. The third-order valence-corrected chi connectivity index (χ3v) is 2.86. The van der Waals surface area contributed by atoms with Crippen molar-refractivity contribution in [3.05, 3.63) is 0 Å². The lowest BCUT2D eigenvalue weighted by Crippen LogP contribution is -2.49. The van der Waals surface area contributed by atoms with Gasteiger partial charge in [0.25, 0.3) is 5.91 Å². The van der Waals surface area contributed by atoms with Crippen LogP contribution in [0.15, 0.2) is 4.99 Å². The van der Waals surface area contributed by atoms with Crippen molar-refractivity contribution in [3.8, 4) is 0 Å². The second-order valence-corrected chi connectivity index (χ2v) is 4.76. The number of rotatable bonds is 4. The molecule has 1 fully saturated rings. The molecule has 2 amide bonds. The maximum Gasteiger partial charge on any atom is 0.260 e. The van der Waals surface area contributed by atoms with Gasteiger partial charge in [-0.15, -0.1) is 0 Å². The van der Waals surface area contributed by atoms with Crippen molar-refractivity contribution in [2.75, 3.05) is 6.54 Å². The van der Waals surface area contributed by atoms with E-state index in [0.717, 1.165) is 0 Å². The summed E-state index contributed by atoms with van der Waals surface area (Å²) in [6.45, 7) is 4.18. The van der Waals surface area contributed by atoms with Gasteiger partial charge >= 0.3 is 0 Å². The first-order valence-electron chi connectivity index (χ1n) is 5.73. The van der Waals surface area contributed by atoms with Crippen molar-refractivity contribution >= 4 is 17.6 Å². The van der Waals surface area contributed by atoms with Gasteiger partial charge in [0.2, 0.25) is 5.91 Å². The molecule has 0 aromatic rings. The van der Waals surface area contributed by atoms with Gasteiger partial charge < -0.3 is 10.6 Å². The van der Waals surface area contributed by atoms with Crippen LogP contribution < -0.4 is 10.6 Å². The molecule has 1 aliphatic heterocycles. The molecule has 0 radical (unpaired) electrons. The second kappa shape index (κ2) is 4.33. The molecule has 0 aromatic carbocycles. The van der Waals surface area contributed by atoms with Crippen LogP contribution >= 0.6 is 0 Å². The van der Waals surface area contributed by atoms with Crippen molar-refractivity contribution < 1.29 is 9.59 Å². The topological polar surface area (TPSA) is 70.6 Å². The molecule has 5 nitrogen and oxygen atoms in total. The Morgan fingerprint density at radius 2 is 2.12 bits per heavy atom. The predicted molar refractivity (Wildman–Crippen MR) is 59.9 cm³/mol. The van der Waals surface area contributed by atoms with Crippen LogP contribution in [0, 0.1) is 11.8 Å². The summed E-state index contributed by atoms with van der Waals surface area (Å²) < 4.78 is 0. The molecule has 0 saturated heterocycles. The first-order valence-corrected chi connectivity index (χ1v) is 5.73. The van der Waals surface area contributed by atoms with E-state index < -0.39 is 5.92 Å². The van der Waals surface area contributed by atoms with Crippen LogP contribution in [0.2, 0.25) is 0 Å². The Morgan fingerprint density at radius 1 is 1.44 bits per heavy atom. The van der Waals surface area contributed by atoms with E-state index >= 15 is 0 Å². The van der Waals surface area contributed by atoms with Crippen molar-refractivity contribution in [1.82, 2.24) is 10.6 Å². The average Bonchev–Trinajstić information content (AvgIpc) is 2.96.